The Bertz CT molecular complexity index is 567. The van der Waals surface area contributed by atoms with Crippen LogP contribution in [0.5, 0.6) is 0 Å². The molecule has 8 heteroatoms. The van der Waals surface area contributed by atoms with Gasteiger partial charge in [-0.3, -0.25) is 9.79 Å². The van der Waals surface area contributed by atoms with Gasteiger partial charge in [0.25, 0.3) is 0 Å². The lowest BCUT2D eigenvalue weighted by Crippen LogP contribution is -2.50. The molecule has 1 aromatic heterocycles. The number of carbonyl (C=O) groups excluding carboxylic acids is 1. The molecule has 0 aromatic carbocycles. The van der Waals surface area contributed by atoms with Gasteiger partial charge in [0.1, 0.15) is 0 Å². The second-order valence-corrected chi connectivity index (χ2v) is 7.83. The molecule has 0 atom stereocenters. The van der Waals surface area contributed by atoms with E-state index in [2.05, 4.69) is 27.5 Å². The number of hydrogen-bond acceptors (Lipinski definition) is 4. The third kappa shape index (κ3) is 7.08. The fraction of sp³-hybridized carbons (Fsp3) is 0.706. The standard InChI is InChI=1S/C17H29N5OS.HI/c1-12(2)16(23)22-9-6-14(7-10-22)21-17(18-4)19-8-5-15-20-11-13(3)24-15;/h11-12,14H,5-10H2,1-4H3,(H2,18,19,21);1H. The molecule has 0 saturated carbocycles. The van der Waals surface area contributed by atoms with Crippen molar-refractivity contribution in [1.82, 2.24) is 20.5 Å². The molecule has 1 saturated heterocycles. The van der Waals surface area contributed by atoms with Crippen LogP contribution in [0.3, 0.4) is 0 Å². The Morgan fingerprint density at radius 1 is 1.44 bits per heavy atom. The van der Waals surface area contributed by atoms with Crippen LogP contribution in [-0.2, 0) is 11.2 Å². The monoisotopic (exact) mass is 479 g/mol. The maximum Gasteiger partial charge on any atom is 0.225 e. The predicted octanol–water partition coefficient (Wildman–Crippen LogP) is 2.42. The smallest absolute Gasteiger partial charge is 0.225 e. The fourth-order valence-electron chi connectivity index (χ4n) is 2.80. The van der Waals surface area contributed by atoms with Gasteiger partial charge in [0.15, 0.2) is 5.96 Å². The molecular weight excluding hydrogens is 449 g/mol. The summed E-state index contributed by atoms with van der Waals surface area (Å²) in [7, 11) is 1.79. The lowest BCUT2D eigenvalue weighted by Gasteiger charge is -2.34. The zero-order valence-electron chi connectivity index (χ0n) is 15.5. The van der Waals surface area contributed by atoms with Crippen molar-refractivity contribution in [3.05, 3.63) is 16.1 Å². The predicted molar refractivity (Wildman–Crippen MR) is 115 cm³/mol. The lowest BCUT2D eigenvalue weighted by atomic mass is 10.0. The van der Waals surface area contributed by atoms with Gasteiger partial charge in [-0.15, -0.1) is 35.3 Å². The molecule has 1 aliphatic heterocycles. The van der Waals surface area contributed by atoms with Crippen molar-refractivity contribution in [3.63, 3.8) is 0 Å². The number of amides is 1. The van der Waals surface area contributed by atoms with Gasteiger partial charge in [-0.2, -0.15) is 0 Å². The van der Waals surface area contributed by atoms with Crippen molar-refractivity contribution in [3.8, 4) is 0 Å². The Labute approximate surface area is 171 Å². The topological polar surface area (TPSA) is 69.6 Å². The number of thiazole rings is 1. The number of nitrogens with one attached hydrogen (secondary N) is 2. The summed E-state index contributed by atoms with van der Waals surface area (Å²) >= 11 is 1.74. The summed E-state index contributed by atoms with van der Waals surface area (Å²) in [5, 5.41) is 7.97. The number of halogens is 1. The molecule has 2 N–H and O–H groups in total. The van der Waals surface area contributed by atoms with E-state index in [-0.39, 0.29) is 35.8 Å². The Kier molecular flexibility index (Phi) is 9.70. The maximum atomic E-state index is 12.0. The molecule has 6 nitrogen and oxygen atoms in total. The first-order valence-electron chi connectivity index (χ1n) is 8.67. The van der Waals surface area contributed by atoms with E-state index in [9.17, 15) is 4.79 Å². The van der Waals surface area contributed by atoms with E-state index in [1.165, 1.54) is 4.88 Å². The first kappa shape index (κ1) is 22.1. The van der Waals surface area contributed by atoms with Crippen LogP contribution < -0.4 is 10.6 Å². The molecule has 1 aromatic rings. The van der Waals surface area contributed by atoms with Crippen LogP contribution in [-0.4, -0.2) is 54.5 Å². The van der Waals surface area contributed by atoms with E-state index in [1.54, 1.807) is 18.4 Å². The van der Waals surface area contributed by atoms with Gasteiger partial charge in [0, 0.05) is 56.1 Å². The highest BCUT2D eigenvalue weighted by molar-refractivity contribution is 14.0. The first-order valence-corrected chi connectivity index (χ1v) is 9.48. The SMILES string of the molecule is CN=C(NCCc1ncc(C)s1)NC1CCN(C(=O)C(C)C)CC1.I. The summed E-state index contributed by atoms with van der Waals surface area (Å²) in [6.07, 6.45) is 4.75. The highest BCUT2D eigenvalue weighted by Gasteiger charge is 2.24. The lowest BCUT2D eigenvalue weighted by molar-refractivity contribution is -0.135. The molecule has 0 bridgehead atoms. The molecule has 2 heterocycles. The Balaban J connectivity index is 0.00000312. The summed E-state index contributed by atoms with van der Waals surface area (Å²) in [4.78, 5) is 23.9. The third-order valence-corrected chi connectivity index (χ3v) is 5.14. The largest absolute Gasteiger partial charge is 0.356 e. The molecule has 0 spiro atoms. The summed E-state index contributed by atoms with van der Waals surface area (Å²) in [6, 6.07) is 0.370. The van der Waals surface area contributed by atoms with Crippen LogP contribution in [0, 0.1) is 12.8 Å². The van der Waals surface area contributed by atoms with Crippen molar-refractivity contribution >= 4 is 47.2 Å². The van der Waals surface area contributed by atoms with Crippen molar-refractivity contribution < 1.29 is 4.79 Å². The zero-order valence-corrected chi connectivity index (χ0v) is 18.7. The zero-order chi connectivity index (χ0) is 17.5. The number of aliphatic imine (C=N–C) groups is 1. The molecule has 142 valence electrons. The number of rotatable bonds is 5. The second-order valence-electron chi connectivity index (χ2n) is 6.51. The van der Waals surface area contributed by atoms with Crippen LogP contribution >= 0.6 is 35.3 Å². The highest BCUT2D eigenvalue weighted by atomic mass is 127. The van der Waals surface area contributed by atoms with E-state index in [1.807, 2.05) is 24.9 Å². The van der Waals surface area contributed by atoms with Crippen molar-refractivity contribution in [2.75, 3.05) is 26.7 Å². The first-order chi connectivity index (χ1) is 11.5. The van der Waals surface area contributed by atoms with E-state index in [0.29, 0.717) is 6.04 Å². The van der Waals surface area contributed by atoms with Gasteiger partial charge >= 0.3 is 0 Å². The van der Waals surface area contributed by atoms with E-state index >= 15 is 0 Å². The normalized spacial score (nSPS) is 15.9. The van der Waals surface area contributed by atoms with E-state index in [4.69, 9.17) is 0 Å². The highest BCUT2D eigenvalue weighted by Crippen LogP contribution is 2.13. The van der Waals surface area contributed by atoms with Gasteiger partial charge in [-0.05, 0) is 19.8 Å². The number of likely N-dealkylation sites (tertiary alicyclic amines) is 1. The van der Waals surface area contributed by atoms with Gasteiger partial charge in [0.05, 0.1) is 5.01 Å². The van der Waals surface area contributed by atoms with Gasteiger partial charge in [0.2, 0.25) is 5.91 Å². The minimum Gasteiger partial charge on any atom is -0.356 e. The van der Waals surface area contributed by atoms with Crippen LogP contribution in [0.2, 0.25) is 0 Å². The van der Waals surface area contributed by atoms with E-state index in [0.717, 1.165) is 49.9 Å². The molecule has 2 rings (SSSR count). The summed E-state index contributed by atoms with van der Waals surface area (Å²) in [5.41, 5.74) is 0. The molecular formula is C17H30IN5OS. The number of nitrogens with zero attached hydrogens (tertiary/aromatic N) is 3. The molecule has 0 unspecified atom stereocenters. The number of piperidine rings is 1. The van der Waals surface area contributed by atoms with Crippen LogP contribution in [0.4, 0.5) is 0 Å². The Morgan fingerprint density at radius 2 is 2.12 bits per heavy atom. The number of guanidine groups is 1. The van der Waals surface area contributed by atoms with Crippen molar-refractivity contribution in [2.24, 2.45) is 10.9 Å². The van der Waals surface area contributed by atoms with Gasteiger partial charge in [-0.1, -0.05) is 13.8 Å². The Morgan fingerprint density at radius 3 is 2.64 bits per heavy atom. The third-order valence-electron chi connectivity index (χ3n) is 4.17. The molecule has 0 aliphatic carbocycles. The average molecular weight is 479 g/mol. The maximum absolute atomic E-state index is 12.0. The molecule has 25 heavy (non-hydrogen) atoms. The minimum absolute atomic E-state index is 0. The average Bonchev–Trinajstić information content (AvgIpc) is 2.99. The van der Waals surface area contributed by atoms with Crippen LogP contribution in [0.1, 0.15) is 36.6 Å². The fourth-order valence-corrected chi connectivity index (χ4v) is 3.59. The molecule has 1 fully saturated rings. The number of aromatic nitrogens is 1. The quantitative estimate of drug-likeness (QED) is 0.387. The van der Waals surface area contributed by atoms with E-state index < -0.39 is 0 Å². The van der Waals surface area contributed by atoms with Crippen LogP contribution in [0.15, 0.2) is 11.2 Å². The summed E-state index contributed by atoms with van der Waals surface area (Å²) < 4.78 is 0. The number of aryl methyl sites for hydroxylation is 1. The summed E-state index contributed by atoms with van der Waals surface area (Å²) in [5.74, 6) is 1.17. The Hall–Kier alpha value is -0.900. The number of carbonyl (C=O) groups is 1. The summed E-state index contributed by atoms with van der Waals surface area (Å²) in [6.45, 7) is 8.46. The van der Waals surface area contributed by atoms with Crippen molar-refractivity contribution in [1.29, 1.82) is 0 Å². The second kappa shape index (κ2) is 10.9. The molecule has 1 aliphatic rings. The van der Waals surface area contributed by atoms with Crippen LogP contribution in [0.25, 0.3) is 0 Å². The molecule has 1 amide bonds. The van der Waals surface area contributed by atoms with Crippen molar-refractivity contribution in [2.45, 2.75) is 46.1 Å². The van der Waals surface area contributed by atoms with Gasteiger partial charge in [-0.25, -0.2) is 4.98 Å². The van der Waals surface area contributed by atoms with Gasteiger partial charge < -0.3 is 15.5 Å². The number of hydrogen-bond donors (Lipinski definition) is 2. The molecule has 0 radical (unpaired) electrons. The minimum atomic E-state index is 0.